The summed E-state index contributed by atoms with van der Waals surface area (Å²) in [4.78, 5) is 23.8. The van der Waals surface area contributed by atoms with E-state index in [4.69, 9.17) is 9.72 Å². The molecule has 1 aliphatic heterocycles. The number of piperazine rings is 1. The average molecular weight is 397 g/mol. The quantitative estimate of drug-likeness (QED) is 0.677. The van der Waals surface area contributed by atoms with E-state index in [1.165, 1.54) is 0 Å². The van der Waals surface area contributed by atoms with Gasteiger partial charge in [0.15, 0.2) is 5.13 Å². The van der Waals surface area contributed by atoms with Gasteiger partial charge in [0.25, 0.3) is 5.91 Å². The van der Waals surface area contributed by atoms with Gasteiger partial charge in [0.2, 0.25) is 0 Å². The summed E-state index contributed by atoms with van der Waals surface area (Å²) in [6.45, 7) is 2.98. The fourth-order valence-corrected chi connectivity index (χ4v) is 4.39. The van der Waals surface area contributed by atoms with E-state index >= 15 is 0 Å². The highest BCUT2D eigenvalue weighted by atomic mass is 32.1. The van der Waals surface area contributed by atoms with Crippen molar-refractivity contribution in [2.24, 2.45) is 0 Å². The van der Waals surface area contributed by atoms with Gasteiger partial charge in [-0.25, -0.2) is 4.98 Å². The molecular weight excluding hydrogens is 372 g/mol. The zero-order chi connectivity index (χ0) is 19.7. The lowest BCUT2D eigenvalue weighted by atomic mass is 10.1. The number of benzene rings is 2. The summed E-state index contributed by atoms with van der Waals surface area (Å²) < 4.78 is 6.42. The van der Waals surface area contributed by atoms with Gasteiger partial charge >= 0.3 is 0 Å². The van der Waals surface area contributed by atoms with Crippen LogP contribution in [-0.2, 0) is 0 Å². The van der Waals surface area contributed by atoms with E-state index in [2.05, 4.69) is 4.90 Å². The summed E-state index contributed by atoms with van der Waals surface area (Å²) >= 11 is 1.67. The normalized spacial score (nSPS) is 14.4. The van der Waals surface area contributed by atoms with Crippen LogP contribution in [0.5, 0.6) is 5.75 Å². The number of hydrogen-bond acceptors (Lipinski definition) is 6. The maximum atomic E-state index is 12.8. The topological polar surface area (TPSA) is 48.9 Å². The molecule has 146 valence electrons. The Morgan fingerprint density at radius 3 is 2.43 bits per heavy atom. The fraction of sp³-hybridized carbons (Fsp3) is 0.333. The van der Waals surface area contributed by atoms with Crippen LogP contribution in [0, 0.1) is 0 Å². The minimum Gasteiger partial charge on any atom is -0.497 e. The smallest absolute Gasteiger partial charge is 0.253 e. The number of carbonyl (C=O) groups excluding carboxylic acids is 1. The van der Waals surface area contributed by atoms with Gasteiger partial charge in [-0.2, -0.15) is 0 Å². The van der Waals surface area contributed by atoms with Crippen LogP contribution in [0.4, 0.5) is 10.8 Å². The van der Waals surface area contributed by atoms with Gasteiger partial charge in [-0.05, 0) is 42.5 Å². The molecule has 0 atom stereocenters. The van der Waals surface area contributed by atoms with Crippen molar-refractivity contribution in [3.63, 3.8) is 0 Å². The number of fused-ring (bicyclic) bond motifs is 1. The van der Waals surface area contributed by atoms with E-state index in [0.717, 1.165) is 45.4 Å². The van der Waals surface area contributed by atoms with Gasteiger partial charge in [0, 0.05) is 51.5 Å². The second-order valence-electron chi connectivity index (χ2n) is 7.05. The summed E-state index contributed by atoms with van der Waals surface area (Å²) in [5.41, 5.74) is 2.82. The van der Waals surface area contributed by atoms with Gasteiger partial charge in [-0.15, -0.1) is 0 Å². The number of thiazole rings is 1. The first-order valence-electron chi connectivity index (χ1n) is 9.31. The van der Waals surface area contributed by atoms with E-state index in [-0.39, 0.29) is 5.91 Å². The summed E-state index contributed by atoms with van der Waals surface area (Å²) in [5, 5.41) is 1.01. The minimum absolute atomic E-state index is 0.0963. The van der Waals surface area contributed by atoms with Gasteiger partial charge < -0.3 is 19.4 Å². The first-order valence-corrected chi connectivity index (χ1v) is 10.1. The number of aromatic nitrogens is 1. The Kier molecular flexibility index (Phi) is 5.09. The van der Waals surface area contributed by atoms with Crippen molar-refractivity contribution < 1.29 is 9.53 Å². The van der Waals surface area contributed by atoms with Crippen molar-refractivity contribution >= 4 is 38.3 Å². The van der Waals surface area contributed by atoms with Crippen molar-refractivity contribution in [3.05, 3.63) is 48.0 Å². The molecular formula is C21H24N4O2S. The standard InChI is InChI=1S/C21H24N4O2S/c1-23(2)16-6-4-15(5-7-16)20(26)24-10-12-25(13-11-24)21-22-18-9-8-17(27-3)14-19(18)28-21/h4-9,14H,10-13H2,1-3H3. The summed E-state index contributed by atoms with van der Waals surface area (Å²) in [6, 6.07) is 13.7. The van der Waals surface area contributed by atoms with Crippen LogP contribution in [0.3, 0.4) is 0 Å². The third-order valence-electron chi connectivity index (χ3n) is 5.05. The molecule has 0 radical (unpaired) electrons. The van der Waals surface area contributed by atoms with Gasteiger partial charge in [0.05, 0.1) is 17.3 Å². The Morgan fingerprint density at radius 2 is 1.79 bits per heavy atom. The minimum atomic E-state index is 0.0963. The predicted molar refractivity (Wildman–Crippen MR) is 115 cm³/mol. The molecule has 0 bridgehead atoms. The molecule has 3 aromatic rings. The Labute approximate surface area is 168 Å². The van der Waals surface area contributed by atoms with Crippen LogP contribution in [0.25, 0.3) is 10.2 Å². The zero-order valence-electron chi connectivity index (χ0n) is 16.4. The van der Waals surface area contributed by atoms with Crippen LogP contribution in [-0.4, -0.2) is 63.2 Å². The van der Waals surface area contributed by atoms with E-state index in [1.54, 1.807) is 18.4 Å². The molecule has 4 rings (SSSR count). The molecule has 6 nitrogen and oxygen atoms in total. The molecule has 2 aromatic carbocycles. The Bertz CT molecular complexity index is 976. The largest absolute Gasteiger partial charge is 0.497 e. The van der Waals surface area contributed by atoms with E-state index in [9.17, 15) is 4.79 Å². The van der Waals surface area contributed by atoms with Crippen molar-refractivity contribution in [1.82, 2.24) is 9.88 Å². The molecule has 2 heterocycles. The zero-order valence-corrected chi connectivity index (χ0v) is 17.2. The summed E-state index contributed by atoms with van der Waals surface area (Å²) in [6.07, 6.45) is 0. The molecule has 1 aromatic heterocycles. The Balaban J connectivity index is 1.42. The van der Waals surface area contributed by atoms with E-state index in [0.29, 0.717) is 13.1 Å². The molecule has 0 unspecified atom stereocenters. The number of rotatable bonds is 4. The first kappa shape index (κ1) is 18.6. The number of anilines is 2. The third-order valence-corrected chi connectivity index (χ3v) is 6.13. The first-order chi connectivity index (χ1) is 13.5. The van der Waals surface area contributed by atoms with Gasteiger partial charge in [-0.1, -0.05) is 11.3 Å². The van der Waals surface area contributed by atoms with Crippen molar-refractivity contribution in [2.75, 3.05) is 57.2 Å². The third kappa shape index (κ3) is 3.62. The lowest BCUT2D eigenvalue weighted by Gasteiger charge is -2.34. The fourth-order valence-electron chi connectivity index (χ4n) is 3.34. The second kappa shape index (κ2) is 7.67. The average Bonchev–Trinajstić information content (AvgIpc) is 3.16. The van der Waals surface area contributed by atoms with Crippen molar-refractivity contribution in [3.8, 4) is 5.75 Å². The van der Waals surface area contributed by atoms with E-state index < -0.39 is 0 Å². The number of methoxy groups -OCH3 is 1. The SMILES string of the molecule is COc1ccc2nc(N3CCN(C(=O)c4ccc(N(C)C)cc4)CC3)sc2c1. The molecule has 1 saturated heterocycles. The number of carbonyl (C=O) groups is 1. The van der Waals surface area contributed by atoms with Crippen LogP contribution >= 0.6 is 11.3 Å². The number of hydrogen-bond donors (Lipinski definition) is 0. The van der Waals surface area contributed by atoms with Gasteiger partial charge in [-0.3, -0.25) is 4.79 Å². The molecule has 0 N–H and O–H groups in total. The molecule has 0 aliphatic carbocycles. The molecule has 0 saturated carbocycles. The van der Waals surface area contributed by atoms with Crippen LogP contribution in [0.15, 0.2) is 42.5 Å². The molecule has 28 heavy (non-hydrogen) atoms. The Hall–Kier alpha value is -2.80. The molecule has 7 heteroatoms. The maximum Gasteiger partial charge on any atom is 0.253 e. The van der Waals surface area contributed by atoms with Crippen LogP contribution < -0.4 is 14.5 Å². The van der Waals surface area contributed by atoms with E-state index in [1.807, 2.05) is 66.4 Å². The maximum absolute atomic E-state index is 12.8. The molecule has 0 spiro atoms. The highest BCUT2D eigenvalue weighted by molar-refractivity contribution is 7.22. The highest BCUT2D eigenvalue weighted by Gasteiger charge is 2.24. The van der Waals surface area contributed by atoms with Crippen molar-refractivity contribution in [2.45, 2.75) is 0 Å². The number of ether oxygens (including phenoxy) is 1. The molecule has 1 aliphatic rings. The molecule has 1 amide bonds. The predicted octanol–water partition coefficient (Wildman–Crippen LogP) is 3.33. The highest BCUT2D eigenvalue weighted by Crippen LogP contribution is 2.32. The van der Waals surface area contributed by atoms with Crippen molar-refractivity contribution in [1.29, 1.82) is 0 Å². The summed E-state index contributed by atoms with van der Waals surface area (Å²) in [5.74, 6) is 0.942. The molecule has 1 fully saturated rings. The second-order valence-corrected chi connectivity index (χ2v) is 8.06. The monoisotopic (exact) mass is 396 g/mol. The number of amides is 1. The van der Waals surface area contributed by atoms with Crippen LogP contribution in [0.1, 0.15) is 10.4 Å². The number of nitrogens with zero attached hydrogens (tertiary/aromatic N) is 4. The lowest BCUT2D eigenvalue weighted by molar-refractivity contribution is 0.0747. The van der Waals surface area contributed by atoms with Crippen LogP contribution in [0.2, 0.25) is 0 Å². The Morgan fingerprint density at radius 1 is 1.07 bits per heavy atom. The van der Waals surface area contributed by atoms with Gasteiger partial charge in [0.1, 0.15) is 5.75 Å². The summed E-state index contributed by atoms with van der Waals surface area (Å²) in [7, 11) is 5.66. The lowest BCUT2D eigenvalue weighted by Crippen LogP contribution is -2.48.